The smallest absolute Gasteiger partial charge is 0.148 e. The van der Waals surface area contributed by atoms with Gasteiger partial charge in [0.2, 0.25) is 0 Å². The van der Waals surface area contributed by atoms with Gasteiger partial charge in [-0.1, -0.05) is 6.92 Å². The summed E-state index contributed by atoms with van der Waals surface area (Å²) in [6.45, 7) is 3.00. The molecule has 114 valence electrons. The summed E-state index contributed by atoms with van der Waals surface area (Å²) in [5, 5.41) is 4.46. The van der Waals surface area contributed by atoms with Crippen molar-refractivity contribution in [1.82, 2.24) is 9.78 Å². The number of nitrogens with two attached hydrogens (primary N) is 1. The van der Waals surface area contributed by atoms with E-state index in [1.54, 1.807) is 0 Å². The molecule has 21 heavy (non-hydrogen) atoms. The third-order valence-corrected chi connectivity index (χ3v) is 5.24. The Morgan fingerprint density at radius 1 is 1.24 bits per heavy atom. The van der Waals surface area contributed by atoms with Gasteiger partial charge in [0.25, 0.3) is 0 Å². The Hall–Kier alpha value is -0.370. The summed E-state index contributed by atoms with van der Waals surface area (Å²) >= 11 is 10.6. The first kappa shape index (κ1) is 17.0. The van der Waals surface area contributed by atoms with E-state index in [-0.39, 0.29) is 0 Å². The van der Waals surface area contributed by atoms with Crippen LogP contribution in [0.15, 0.2) is 25.6 Å². The molecule has 0 aliphatic carbocycles. The van der Waals surface area contributed by atoms with Gasteiger partial charge in [-0.15, -0.1) is 0 Å². The quantitative estimate of drug-likeness (QED) is 0.692. The van der Waals surface area contributed by atoms with Gasteiger partial charge in [0, 0.05) is 13.6 Å². The van der Waals surface area contributed by atoms with Gasteiger partial charge in [0.15, 0.2) is 0 Å². The first-order chi connectivity index (χ1) is 9.97. The molecule has 0 spiro atoms. The summed E-state index contributed by atoms with van der Waals surface area (Å²) in [5.74, 6) is 0.762. The minimum Gasteiger partial charge on any atom is -0.485 e. The van der Waals surface area contributed by atoms with Gasteiger partial charge in [-0.2, -0.15) is 5.10 Å². The molecule has 4 nitrogen and oxygen atoms in total. The summed E-state index contributed by atoms with van der Waals surface area (Å²) in [7, 11) is 1.92. The molecule has 1 aromatic heterocycles. The van der Waals surface area contributed by atoms with E-state index in [0.717, 1.165) is 42.5 Å². The molecule has 0 unspecified atom stereocenters. The monoisotopic (exact) mass is 479 g/mol. The fourth-order valence-electron chi connectivity index (χ4n) is 1.99. The Morgan fingerprint density at radius 3 is 2.33 bits per heavy atom. The van der Waals surface area contributed by atoms with Crippen molar-refractivity contribution in [2.45, 2.75) is 26.5 Å². The summed E-state index contributed by atoms with van der Waals surface area (Å²) in [6.07, 6.45) is 0.882. The topological polar surface area (TPSA) is 53.1 Å². The molecule has 0 atom stereocenters. The molecule has 1 heterocycles. The first-order valence-corrected chi connectivity index (χ1v) is 8.86. The number of nitrogens with zero attached hydrogens (tertiary/aromatic N) is 2. The number of ether oxygens (including phenoxy) is 1. The zero-order valence-electron chi connectivity index (χ0n) is 11.8. The van der Waals surface area contributed by atoms with E-state index in [9.17, 15) is 0 Å². The molecule has 2 rings (SSSR count). The van der Waals surface area contributed by atoms with Gasteiger partial charge >= 0.3 is 0 Å². The SMILES string of the molecule is CCc1nn(C)c(COc2c(Br)cc(CN)cc2Br)c1Br. The van der Waals surface area contributed by atoms with Crippen LogP contribution in [-0.2, 0) is 26.6 Å². The van der Waals surface area contributed by atoms with Crippen molar-refractivity contribution < 1.29 is 4.74 Å². The van der Waals surface area contributed by atoms with Crippen molar-refractivity contribution in [3.63, 3.8) is 0 Å². The minimum absolute atomic E-state index is 0.434. The van der Waals surface area contributed by atoms with Crippen molar-refractivity contribution >= 4 is 47.8 Å². The molecule has 0 saturated carbocycles. The Morgan fingerprint density at radius 2 is 1.86 bits per heavy atom. The molecule has 1 aromatic carbocycles. The Labute approximate surface area is 149 Å². The van der Waals surface area contributed by atoms with Crippen LogP contribution in [0.5, 0.6) is 5.75 Å². The number of benzene rings is 1. The maximum Gasteiger partial charge on any atom is 0.148 e. The largest absolute Gasteiger partial charge is 0.485 e. The Kier molecular flexibility index (Phi) is 5.88. The van der Waals surface area contributed by atoms with Gasteiger partial charge < -0.3 is 10.5 Å². The molecular weight excluding hydrogens is 466 g/mol. The van der Waals surface area contributed by atoms with Crippen molar-refractivity contribution in [1.29, 1.82) is 0 Å². The van der Waals surface area contributed by atoms with Crippen LogP contribution in [0.2, 0.25) is 0 Å². The van der Waals surface area contributed by atoms with Crippen LogP contribution in [0.1, 0.15) is 23.9 Å². The number of aromatic nitrogens is 2. The third kappa shape index (κ3) is 3.70. The van der Waals surface area contributed by atoms with E-state index in [1.165, 1.54) is 0 Å². The Bertz CT molecular complexity index is 632. The van der Waals surface area contributed by atoms with Crippen LogP contribution in [0, 0.1) is 0 Å². The fraction of sp³-hybridized carbons (Fsp3) is 0.357. The molecule has 0 fully saturated rings. The van der Waals surface area contributed by atoms with E-state index >= 15 is 0 Å². The highest BCUT2D eigenvalue weighted by molar-refractivity contribution is 9.11. The zero-order chi connectivity index (χ0) is 15.6. The van der Waals surface area contributed by atoms with E-state index in [4.69, 9.17) is 10.5 Å². The van der Waals surface area contributed by atoms with E-state index in [1.807, 2.05) is 23.9 Å². The second-order valence-corrected chi connectivity index (χ2v) is 7.07. The van der Waals surface area contributed by atoms with Crippen LogP contribution >= 0.6 is 47.8 Å². The van der Waals surface area contributed by atoms with Crippen molar-refractivity contribution in [3.05, 3.63) is 42.5 Å². The molecular formula is C14H16Br3N3O. The predicted octanol–water partition coefficient (Wildman–Crippen LogP) is 4.31. The second-order valence-electron chi connectivity index (χ2n) is 4.57. The molecule has 0 bridgehead atoms. The van der Waals surface area contributed by atoms with E-state index < -0.39 is 0 Å². The Balaban J connectivity index is 2.23. The molecule has 0 saturated heterocycles. The summed E-state index contributed by atoms with van der Waals surface area (Å²) in [4.78, 5) is 0. The summed E-state index contributed by atoms with van der Waals surface area (Å²) < 4.78 is 10.6. The fourth-order valence-corrected chi connectivity index (χ4v) is 4.23. The highest BCUT2D eigenvalue weighted by atomic mass is 79.9. The molecule has 0 radical (unpaired) electrons. The average molecular weight is 482 g/mol. The van der Waals surface area contributed by atoms with Gasteiger partial charge in [0.05, 0.1) is 24.8 Å². The predicted molar refractivity (Wildman–Crippen MR) is 94.4 cm³/mol. The van der Waals surface area contributed by atoms with E-state index in [2.05, 4.69) is 59.8 Å². The lowest BCUT2D eigenvalue weighted by atomic mass is 10.2. The summed E-state index contributed by atoms with van der Waals surface area (Å²) in [6, 6.07) is 3.94. The maximum atomic E-state index is 5.95. The van der Waals surface area contributed by atoms with Crippen LogP contribution in [0.3, 0.4) is 0 Å². The van der Waals surface area contributed by atoms with Crippen LogP contribution in [-0.4, -0.2) is 9.78 Å². The number of halogens is 3. The van der Waals surface area contributed by atoms with Gasteiger partial charge in [0.1, 0.15) is 12.4 Å². The molecule has 0 aliphatic heterocycles. The molecule has 0 aliphatic rings. The number of rotatable bonds is 5. The van der Waals surface area contributed by atoms with Crippen LogP contribution < -0.4 is 10.5 Å². The molecule has 2 aromatic rings. The molecule has 0 amide bonds. The normalized spacial score (nSPS) is 11.0. The van der Waals surface area contributed by atoms with E-state index in [0.29, 0.717) is 13.2 Å². The highest BCUT2D eigenvalue weighted by Crippen LogP contribution is 2.35. The van der Waals surface area contributed by atoms with Crippen LogP contribution in [0.25, 0.3) is 0 Å². The van der Waals surface area contributed by atoms with Crippen LogP contribution in [0.4, 0.5) is 0 Å². The number of aryl methyl sites for hydroxylation is 2. The molecule has 2 N–H and O–H groups in total. The average Bonchev–Trinajstić information content (AvgIpc) is 2.72. The number of hydrogen-bond acceptors (Lipinski definition) is 3. The second kappa shape index (κ2) is 7.26. The standard InChI is InChI=1S/C14H16Br3N3O/c1-3-11-13(17)12(20(2)19-11)7-21-14-9(15)4-8(6-18)5-10(14)16/h4-5H,3,6-7,18H2,1-2H3. The van der Waals surface area contributed by atoms with Gasteiger partial charge in [-0.05, 0) is 71.9 Å². The van der Waals surface area contributed by atoms with Crippen molar-refractivity contribution in [2.24, 2.45) is 12.8 Å². The van der Waals surface area contributed by atoms with Crippen molar-refractivity contribution in [3.8, 4) is 5.75 Å². The first-order valence-electron chi connectivity index (χ1n) is 6.48. The lowest BCUT2D eigenvalue weighted by Crippen LogP contribution is -2.05. The maximum absolute atomic E-state index is 5.95. The zero-order valence-corrected chi connectivity index (χ0v) is 16.5. The highest BCUT2D eigenvalue weighted by Gasteiger charge is 2.15. The lowest BCUT2D eigenvalue weighted by molar-refractivity contribution is 0.290. The summed E-state index contributed by atoms with van der Waals surface area (Å²) in [5.41, 5.74) is 8.74. The van der Waals surface area contributed by atoms with Crippen molar-refractivity contribution in [2.75, 3.05) is 0 Å². The third-order valence-electron chi connectivity index (χ3n) is 3.15. The van der Waals surface area contributed by atoms with Gasteiger partial charge in [-0.25, -0.2) is 0 Å². The molecule has 7 heteroatoms. The lowest BCUT2D eigenvalue weighted by Gasteiger charge is -2.12. The minimum atomic E-state index is 0.434. The van der Waals surface area contributed by atoms with Gasteiger partial charge in [-0.3, -0.25) is 4.68 Å². The number of hydrogen-bond donors (Lipinski definition) is 1.